The smallest absolute Gasteiger partial charge is 0.251 e. The third-order valence-electron chi connectivity index (χ3n) is 3.36. The first-order valence-corrected chi connectivity index (χ1v) is 7.82. The molecule has 104 valence electrons. The minimum Gasteiger partial charge on any atom is -0.349 e. The van der Waals surface area contributed by atoms with E-state index in [1.165, 1.54) is 0 Å². The van der Waals surface area contributed by atoms with Gasteiger partial charge in [0.05, 0.1) is 0 Å². The number of hydrogen-bond acceptors (Lipinski definition) is 4. The predicted molar refractivity (Wildman–Crippen MR) is 77.4 cm³/mol. The highest BCUT2D eigenvalue weighted by Crippen LogP contribution is 2.16. The lowest BCUT2D eigenvalue weighted by Gasteiger charge is -2.23. The molecule has 0 aliphatic carbocycles. The lowest BCUT2D eigenvalue weighted by molar-refractivity contribution is 0.0934. The van der Waals surface area contributed by atoms with Gasteiger partial charge in [-0.05, 0) is 43.5 Å². The minimum atomic E-state index is -0.702. The number of hydrogen-bond donors (Lipinski definition) is 3. The summed E-state index contributed by atoms with van der Waals surface area (Å²) in [5, 5.41) is 3.01. The van der Waals surface area contributed by atoms with E-state index in [0.29, 0.717) is 17.1 Å². The van der Waals surface area contributed by atoms with Crippen LogP contribution >= 0.6 is 0 Å². The van der Waals surface area contributed by atoms with Crippen LogP contribution in [0.1, 0.15) is 28.8 Å². The highest BCUT2D eigenvalue weighted by Gasteiger charge is 2.20. The second-order valence-corrected chi connectivity index (χ2v) is 6.47. The van der Waals surface area contributed by atoms with Crippen molar-refractivity contribution in [2.24, 2.45) is 5.84 Å². The third-order valence-corrected chi connectivity index (χ3v) is 4.74. The van der Waals surface area contributed by atoms with Crippen LogP contribution in [0.4, 0.5) is 5.69 Å². The molecule has 1 aromatic carbocycles. The average molecular weight is 281 g/mol. The molecule has 1 aromatic rings. The van der Waals surface area contributed by atoms with Crippen LogP contribution in [0.15, 0.2) is 18.2 Å². The maximum atomic E-state index is 12.2. The Morgan fingerprint density at radius 3 is 2.63 bits per heavy atom. The van der Waals surface area contributed by atoms with E-state index in [-0.39, 0.29) is 11.9 Å². The molecule has 1 aliphatic heterocycles. The molecule has 1 saturated heterocycles. The van der Waals surface area contributed by atoms with Crippen LogP contribution in [-0.4, -0.2) is 27.7 Å². The fourth-order valence-electron chi connectivity index (χ4n) is 2.21. The van der Waals surface area contributed by atoms with Crippen molar-refractivity contribution >= 4 is 22.4 Å². The van der Waals surface area contributed by atoms with Gasteiger partial charge < -0.3 is 10.7 Å². The fourth-order valence-corrected chi connectivity index (χ4v) is 3.51. The van der Waals surface area contributed by atoms with Crippen molar-refractivity contribution in [1.29, 1.82) is 0 Å². The standard InChI is InChI=1S/C13H19N3O2S/c1-9-8-11(16-14)2-3-12(9)13(17)15-10-4-6-19(18)7-5-10/h2-3,8,10,16H,4-7,14H2,1H3,(H,15,17). The molecule has 19 heavy (non-hydrogen) atoms. The molecule has 1 amide bonds. The Bertz CT molecular complexity index is 495. The third kappa shape index (κ3) is 3.54. The zero-order chi connectivity index (χ0) is 13.8. The maximum absolute atomic E-state index is 12.2. The molecule has 0 aromatic heterocycles. The number of carbonyl (C=O) groups is 1. The van der Waals surface area contributed by atoms with Gasteiger partial charge >= 0.3 is 0 Å². The number of anilines is 1. The van der Waals surface area contributed by atoms with E-state index in [9.17, 15) is 9.00 Å². The van der Waals surface area contributed by atoms with E-state index in [2.05, 4.69) is 10.7 Å². The summed E-state index contributed by atoms with van der Waals surface area (Å²) in [7, 11) is -0.702. The predicted octanol–water partition coefficient (Wildman–Crippen LogP) is 0.922. The number of carbonyl (C=O) groups excluding carboxylic acids is 1. The number of nitrogens with one attached hydrogen (secondary N) is 2. The van der Waals surface area contributed by atoms with Crippen molar-refractivity contribution in [3.8, 4) is 0 Å². The van der Waals surface area contributed by atoms with Crippen molar-refractivity contribution in [3.05, 3.63) is 29.3 Å². The van der Waals surface area contributed by atoms with E-state index in [1.54, 1.807) is 12.1 Å². The molecular formula is C13H19N3O2S. The molecule has 1 heterocycles. The van der Waals surface area contributed by atoms with Crippen LogP contribution in [-0.2, 0) is 10.8 Å². The molecule has 4 N–H and O–H groups in total. The molecule has 6 heteroatoms. The van der Waals surface area contributed by atoms with Gasteiger partial charge in [0.25, 0.3) is 5.91 Å². The van der Waals surface area contributed by atoms with Crippen molar-refractivity contribution in [2.75, 3.05) is 16.9 Å². The number of benzene rings is 1. The maximum Gasteiger partial charge on any atom is 0.251 e. The number of nitrogens with two attached hydrogens (primary N) is 1. The lowest BCUT2D eigenvalue weighted by Crippen LogP contribution is -2.39. The topological polar surface area (TPSA) is 84.2 Å². The second kappa shape index (κ2) is 6.16. The van der Waals surface area contributed by atoms with Gasteiger partial charge in [-0.2, -0.15) is 0 Å². The van der Waals surface area contributed by atoms with Crippen LogP contribution in [0.25, 0.3) is 0 Å². The first-order chi connectivity index (χ1) is 9.10. The molecule has 1 aliphatic rings. The first kappa shape index (κ1) is 14.0. The Labute approximate surface area is 115 Å². The average Bonchev–Trinajstić information content (AvgIpc) is 2.41. The first-order valence-electron chi connectivity index (χ1n) is 6.33. The van der Waals surface area contributed by atoms with Crippen molar-refractivity contribution in [1.82, 2.24) is 5.32 Å². The summed E-state index contributed by atoms with van der Waals surface area (Å²) in [6.07, 6.45) is 1.58. The molecule has 0 atom stereocenters. The molecule has 0 unspecified atom stereocenters. The summed E-state index contributed by atoms with van der Waals surface area (Å²) in [6.45, 7) is 1.88. The molecule has 0 saturated carbocycles. The van der Waals surface area contributed by atoms with Gasteiger partial charge in [-0.1, -0.05) is 0 Å². The molecule has 0 radical (unpaired) electrons. The van der Waals surface area contributed by atoms with Crippen LogP contribution < -0.4 is 16.6 Å². The second-order valence-electron chi connectivity index (χ2n) is 4.77. The Kier molecular flexibility index (Phi) is 4.55. The zero-order valence-corrected chi connectivity index (χ0v) is 11.8. The van der Waals surface area contributed by atoms with E-state index < -0.39 is 10.8 Å². The Morgan fingerprint density at radius 2 is 2.05 bits per heavy atom. The summed E-state index contributed by atoms with van der Waals surface area (Å²) in [5.41, 5.74) is 4.87. The quantitative estimate of drug-likeness (QED) is 0.568. The van der Waals surface area contributed by atoms with Gasteiger partial charge in [-0.15, -0.1) is 0 Å². The van der Waals surface area contributed by atoms with E-state index in [0.717, 1.165) is 24.1 Å². The zero-order valence-electron chi connectivity index (χ0n) is 10.9. The van der Waals surface area contributed by atoms with Crippen molar-refractivity contribution in [3.63, 3.8) is 0 Å². The molecule has 1 fully saturated rings. The molecular weight excluding hydrogens is 262 g/mol. The molecule has 2 rings (SSSR count). The Balaban J connectivity index is 2.01. The minimum absolute atomic E-state index is 0.0706. The normalized spacial score (nSPS) is 22.8. The van der Waals surface area contributed by atoms with Crippen LogP contribution in [0, 0.1) is 6.92 Å². The summed E-state index contributed by atoms with van der Waals surface area (Å²) < 4.78 is 11.3. The van der Waals surface area contributed by atoms with Crippen molar-refractivity contribution < 1.29 is 9.00 Å². The Morgan fingerprint density at radius 1 is 1.37 bits per heavy atom. The van der Waals surface area contributed by atoms with Gasteiger partial charge in [-0.25, -0.2) is 0 Å². The SMILES string of the molecule is Cc1cc(NN)ccc1C(=O)NC1CCS(=O)CC1. The number of aryl methyl sites for hydroxylation is 1. The lowest BCUT2D eigenvalue weighted by atomic mass is 10.1. The highest BCUT2D eigenvalue weighted by atomic mass is 32.2. The van der Waals surface area contributed by atoms with Gasteiger partial charge in [0.2, 0.25) is 0 Å². The number of amides is 1. The fraction of sp³-hybridized carbons (Fsp3) is 0.462. The van der Waals surface area contributed by atoms with E-state index in [1.807, 2.05) is 13.0 Å². The van der Waals surface area contributed by atoms with E-state index >= 15 is 0 Å². The van der Waals surface area contributed by atoms with Crippen LogP contribution in [0.2, 0.25) is 0 Å². The highest BCUT2D eigenvalue weighted by molar-refractivity contribution is 7.85. The molecule has 0 bridgehead atoms. The van der Waals surface area contributed by atoms with E-state index in [4.69, 9.17) is 5.84 Å². The largest absolute Gasteiger partial charge is 0.349 e. The monoisotopic (exact) mass is 281 g/mol. The summed E-state index contributed by atoms with van der Waals surface area (Å²) in [5.74, 6) is 6.62. The van der Waals surface area contributed by atoms with Gasteiger partial charge in [0, 0.05) is 39.6 Å². The summed E-state index contributed by atoms with van der Waals surface area (Å²) >= 11 is 0. The summed E-state index contributed by atoms with van der Waals surface area (Å²) in [6, 6.07) is 5.51. The Hall–Kier alpha value is -1.40. The van der Waals surface area contributed by atoms with Crippen LogP contribution in [0.5, 0.6) is 0 Å². The van der Waals surface area contributed by atoms with Crippen LogP contribution in [0.3, 0.4) is 0 Å². The summed E-state index contributed by atoms with van der Waals surface area (Å²) in [4.78, 5) is 12.2. The van der Waals surface area contributed by atoms with Gasteiger partial charge in [0.1, 0.15) is 0 Å². The van der Waals surface area contributed by atoms with Gasteiger partial charge in [0.15, 0.2) is 0 Å². The molecule has 0 spiro atoms. The number of hydrazine groups is 1. The number of rotatable bonds is 3. The van der Waals surface area contributed by atoms with Crippen molar-refractivity contribution in [2.45, 2.75) is 25.8 Å². The molecule has 5 nitrogen and oxygen atoms in total. The van der Waals surface area contributed by atoms with Gasteiger partial charge in [-0.3, -0.25) is 14.8 Å². The number of nitrogen functional groups attached to an aromatic ring is 1.